The monoisotopic (exact) mass is 402 g/mol. The fourth-order valence-corrected chi connectivity index (χ4v) is 2.46. The molecule has 0 fully saturated rings. The molecule has 0 aromatic heterocycles. The summed E-state index contributed by atoms with van der Waals surface area (Å²) in [5, 5.41) is 6.03. The van der Waals surface area contributed by atoms with Gasteiger partial charge in [0.1, 0.15) is 0 Å². The normalized spacial score (nSPS) is 11.2. The first-order chi connectivity index (χ1) is 10.8. The van der Waals surface area contributed by atoms with Crippen LogP contribution in [0.2, 0.25) is 0 Å². The molecule has 0 aliphatic carbocycles. The highest BCUT2D eigenvalue weighted by atomic mass is 79.9. The Morgan fingerprint density at radius 2 is 1.87 bits per heavy atom. The lowest BCUT2D eigenvalue weighted by Gasteiger charge is -2.15. The molecule has 0 amide bonds. The lowest BCUT2D eigenvalue weighted by molar-refractivity contribution is -0.138. The van der Waals surface area contributed by atoms with Crippen LogP contribution in [-0.2, 0) is 12.7 Å². The first-order valence-electron chi connectivity index (χ1n) is 6.73. The fraction of sp³-hybridized carbons (Fsp3) is 0.188. The van der Waals surface area contributed by atoms with Gasteiger partial charge in [-0.2, -0.15) is 13.2 Å². The molecule has 2 rings (SSSR count). The second-order valence-electron chi connectivity index (χ2n) is 4.93. The average Bonchev–Trinajstić information content (AvgIpc) is 2.48. The van der Waals surface area contributed by atoms with Crippen molar-refractivity contribution in [2.24, 2.45) is 0 Å². The Morgan fingerprint density at radius 3 is 2.52 bits per heavy atom. The van der Waals surface area contributed by atoms with E-state index in [2.05, 4.69) is 26.6 Å². The maximum absolute atomic E-state index is 12.9. The minimum Gasteiger partial charge on any atom is -0.358 e. The molecule has 0 bridgehead atoms. The van der Waals surface area contributed by atoms with Gasteiger partial charge in [0.05, 0.1) is 5.56 Å². The van der Waals surface area contributed by atoms with Crippen LogP contribution in [0.25, 0.3) is 0 Å². The van der Waals surface area contributed by atoms with Gasteiger partial charge in [-0.15, -0.1) is 0 Å². The maximum atomic E-state index is 12.9. The van der Waals surface area contributed by atoms with Crippen LogP contribution in [-0.4, -0.2) is 5.11 Å². The Labute approximate surface area is 146 Å². The van der Waals surface area contributed by atoms with E-state index in [4.69, 9.17) is 12.2 Å². The zero-order chi connectivity index (χ0) is 17.0. The smallest absolute Gasteiger partial charge is 0.358 e. The number of halogens is 4. The molecular formula is C16H14BrF3N2S. The minimum atomic E-state index is -4.38. The summed E-state index contributed by atoms with van der Waals surface area (Å²) >= 11 is 8.53. The lowest BCUT2D eigenvalue weighted by Crippen LogP contribution is -2.28. The molecular weight excluding hydrogens is 389 g/mol. The van der Waals surface area contributed by atoms with Crippen molar-refractivity contribution in [3.63, 3.8) is 0 Å². The van der Waals surface area contributed by atoms with E-state index < -0.39 is 11.7 Å². The summed E-state index contributed by atoms with van der Waals surface area (Å²) < 4.78 is 39.7. The SMILES string of the molecule is Cc1cc(NC(=S)NCc2ccccc2C(F)(F)F)ccc1Br. The van der Waals surface area contributed by atoms with Crippen molar-refractivity contribution in [2.45, 2.75) is 19.6 Å². The summed E-state index contributed by atoms with van der Waals surface area (Å²) in [7, 11) is 0. The summed E-state index contributed by atoms with van der Waals surface area (Å²) in [6.45, 7) is 1.93. The first-order valence-corrected chi connectivity index (χ1v) is 7.93. The van der Waals surface area contributed by atoms with Crippen LogP contribution in [0.3, 0.4) is 0 Å². The Morgan fingerprint density at radius 1 is 1.17 bits per heavy atom. The summed E-state index contributed by atoms with van der Waals surface area (Å²) in [4.78, 5) is 0. The predicted molar refractivity (Wildman–Crippen MR) is 93.4 cm³/mol. The number of rotatable bonds is 3. The van der Waals surface area contributed by atoms with Gasteiger partial charge in [0.25, 0.3) is 0 Å². The number of nitrogens with one attached hydrogen (secondary N) is 2. The molecule has 122 valence electrons. The Kier molecular flexibility index (Phi) is 5.64. The van der Waals surface area contributed by atoms with Crippen molar-refractivity contribution in [3.05, 3.63) is 63.6 Å². The van der Waals surface area contributed by atoms with E-state index in [1.54, 1.807) is 6.07 Å². The van der Waals surface area contributed by atoms with Gasteiger partial charge >= 0.3 is 6.18 Å². The molecule has 0 unspecified atom stereocenters. The molecule has 0 heterocycles. The number of hydrogen-bond donors (Lipinski definition) is 2. The van der Waals surface area contributed by atoms with Gasteiger partial charge in [-0.3, -0.25) is 0 Å². The van der Waals surface area contributed by atoms with Crippen molar-refractivity contribution in [2.75, 3.05) is 5.32 Å². The quantitative estimate of drug-likeness (QED) is 0.684. The van der Waals surface area contributed by atoms with Crippen LogP contribution < -0.4 is 10.6 Å². The molecule has 2 N–H and O–H groups in total. The largest absolute Gasteiger partial charge is 0.416 e. The van der Waals surface area contributed by atoms with Gasteiger partial charge in [0.2, 0.25) is 0 Å². The number of alkyl halides is 3. The molecule has 0 radical (unpaired) electrons. The molecule has 0 aliphatic heterocycles. The highest BCUT2D eigenvalue weighted by Crippen LogP contribution is 2.31. The fourth-order valence-electron chi connectivity index (χ4n) is 2.02. The van der Waals surface area contributed by atoms with E-state index in [0.717, 1.165) is 21.8 Å². The molecule has 0 aliphatic rings. The summed E-state index contributed by atoms with van der Waals surface area (Å²) in [6.07, 6.45) is -4.38. The summed E-state index contributed by atoms with van der Waals surface area (Å²) in [6, 6.07) is 11.0. The van der Waals surface area contributed by atoms with Gasteiger partial charge in [0, 0.05) is 16.7 Å². The maximum Gasteiger partial charge on any atom is 0.416 e. The third-order valence-corrected chi connectivity index (χ3v) is 4.31. The highest BCUT2D eigenvalue weighted by Gasteiger charge is 2.32. The number of thiocarbonyl (C=S) groups is 1. The van der Waals surface area contributed by atoms with Gasteiger partial charge in [-0.1, -0.05) is 34.1 Å². The average molecular weight is 403 g/mol. The van der Waals surface area contributed by atoms with Crippen molar-refractivity contribution < 1.29 is 13.2 Å². The van der Waals surface area contributed by atoms with Crippen LogP contribution in [0.1, 0.15) is 16.7 Å². The second-order valence-corrected chi connectivity index (χ2v) is 6.19. The summed E-state index contributed by atoms with van der Waals surface area (Å²) in [5.41, 5.74) is 1.29. The first kappa shape index (κ1) is 17.7. The Bertz CT molecular complexity index is 717. The summed E-state index contributed by atoms with van der Waals surface area (Å²) in [5.74, 6) is 0. The molecule has 0 atom stereocenters. The van der Waals surface area contributed by atoms with Crippen LogP contribution in [0.15, 0.2) is 46.9 Å². The zero-order valence-electron chi connectivity index (χ0n) is 12.2. The van der Waals surface area contributed by atoms with Crippen LogP contribution in [0.5, 0.6) is 0 Å². The molecule has 2 aromatic carbocycles. The van der Waals surface area contributed by atoms with E-state index in [1.165, 1.54) is 12.1 Å². The van der Waals surface area contributed by atoms with E-state index in [-0.39, 0.29) is 17.2 Å². The topological polar surface area (TPSA) is 24.1 Å². The number of aryl methyl sites for hydroxylation is 1. The van der Waals surface area contributed by atoms with Crippen LogP contribution >= 0.6 is 28.1 Å². The zero-order valence-corrected chi connectivity index (χ0v) is 14.6. The van der Waals surface area contributed by atoms with Gasteiger partial charge in [-0.05, 0) is 54.5 Å². The molecule has 0 saturated carbocycles. The van der Waals surface area contributed by atoms with Crippen molar-refractivity contribution >= 4 is 38.9 Å². The number of benzene rings is 2. The Hall–Kier alpha value is -1.60. The molecule has 0 saturated heterocycles. The van der Waals surface area contributed by atoms with Crippen LogP contribution in [0, 0.1) is 6.92 Å². The van der Waals surface area contributed by atoms with E-state index in [0.29, 0.717) is 0 Å². The van der Waals surface area contributed by atoms with E-state index in [1.807, 2.05) is 25.1 Å². The molecule has 2 aromatic rings. The minimum absolute atomic E-state index is 0.00295. The van der Waals surface area contributed by atoms with E-state index >= 15 is 0 Å². The lowest BCUT2D eigenvalue weighted by atomic mass is 10.1. The third kappa shape index (κ3) is 4.94. The third-order valence-electron chi connectivity index (χ3n) is 3.18. The second kappa shape index (κ2) is 7.31. The molecule has 23 heavy (non-hydrogen) atoms. The van der Waals surface area contributed by atoms with Crippen molar-refractivity contribution in [1.82, 2.24) is 5.32 Å². The highest BCUT2D eigenvalue weighted by molar-refractivity contribution is 9.10. The van der Waals surface area contributed by atoms with Gasteiger partial charge < -0.3 is 10.6 Å². The van der Waals surface area contributed by atoms with Gasteiger partial charge in [0.15, 0.2) is 5.11 Å². The molecule has 0 spiro atoms. The molecule has 2 nitrogen and oxygen atoms in total. The van der Waals surface area contributed by atoms with Crippen molar-refractivity contribution in [1.29, 1.82) is 0 Å². The van der Waals surface area contributed by atoms with E-state index in [9.17, 15) is 13.2 Å². The van der Waals surface area contributed by atoms with Crippen LogP contribution in [0.4, 0.5) is 18.9 Å². The standard InChI is InChI=1S/C16H14BrF3N2S/c1-10-8-12(6-7-14(10)17)22-15(23)21-9-11-4-2-3-5-13(11)16(18,19)20/h2-8H,9H2,1H3,(H2,21,22,23). The number of hydrogen-bond acceptors (Lipinski definition) is 1. The Balaban J connectivity index is 2.01. The van der Waals surface area contributed by atoms with Gasteiger partial charge in [-0.25, -0.2) is 0 Å². The number of anilines is 1. The predicted octanol–water partition coefficient (Wildman–Crippen LogP) is 5.26. The van der Waals surface area contributed by atoms with Crippen molar-refractivity contribution in [3.8, 4) is 0 Å². The molecule has 7 heteroatoms.